The molecule has 0 N–H and O–H groups in total. The van der Waals surface area contributed by atoms with Gasteiger partial charge in [-0.1, -0.05) is 86.5 Å². The van der Waals surface area contributed by atoms with Gasteiger partial charge in [0.05, 0.1) is 11.8 Å². The van der Waals surface area contributed by atoms with Crippen LogP contribution in [-0.4, -0.2) is 51.3 Å². The van der Waals surface area contributed by atoms with Crippen molar-refractivity contribution in [3.63, 3.8) is 0 Å². The highest BCUT2D eigenvalue weighted by Crippen LogP contribution is 2.60. The molecule has 0 unspecified atom stereocenters. The van der Waals surface area contributed by atoms with E-state index in [2.05, 4.69) is 31.9 Å². The number of carbonyl (C=O) groups is 4. The Labute approximate surface area is 207 Å². The van der Waals surface area contributed by atoms with Crippen molar-refractivity contribution >= 4 is 55.4 Å². The van der Waals surface area contributed by atoms with Crippen LogP contribution in [0.4, 0.5) is 0 Å². The number of alkyl halides is 2. The summed E-state index contributed by atoms with van der Waals surface area (Å²) in [6.45, 7) is -0.894. The molecule has 2 aliphatic carbocycles. The highest BCUT2D eigenvalue weighted by atomic mass is 79.9. The minimum atomic E-state index is -0.760. The zero-order valence-electron chi connectivity index (χ0n) is 17.5. The molecule has 8 heteroatoms. The second-order valence-electron chi connectivity index (χ2n) is 8.79. The molecule has 1 heterocycles. The fraction of sp³-hybridized carbons (Fsp3) is 0.360. The van der Waals surface area contributed by atoms with E-state index in [9.17, 15) is 19.2 Å². The Morgan fingerprint density at radius 3 is 1.97 bits per heavy atom. The van der Waals surface area contributed by atoms with Crippen molar-refractivity contribution in [3.8, 4) is 11.1 Å². The number of likely N-dealkylation sites (tertiary alicyclic amines) is 1. The highest BCUT2D eigenvalue weighted by molar-refractivity contribution is 9.12. The maximum Gasteiger partial charge on any atom is 0.326 e. The van der Waals surface area contributed by atoms with E-state index in [1.165, 1.54) is 0 Å². The first-order valence-corrected chi connectivity index (χ1v) is 12.7. The van der Waals surface area contributed by atoms with Gasteiger partial charge in [0.1, 0.15) is 6.54 Å². The Morgan fingerprint density at radius 1 is 0.848 bits per heavy atom. The molecule has 0 spiro atoms. The Kier molecular flexibility index (Phi) is 5.99. The second-order valence-corrected chi connectivity index (χ2v) is 10.9. The monoisotopic (exact) mass is 573 g/mol. The maximum atomic E-state index is 12.9. The van der Waals surface area contributed by atoms with Crippen LogP contribution in [0.2, 0.25) is 0 Å². The first-order chi connectivity index (χ1) is 15.9. The zero-order chi connectivity index (χ0) is 23.3. The normalized spacial score (nSPS) is 29.9. The van der Waals surface area contributed by atoms with Crippen LogP contribution in [-0.2, 0) is 19.1 Å². The molecular formula is C25H21Br2NO5. The van der Waals surface area contributed by atoms with E-state index < -0.39 is 19.1 Å². The van der Waals surface area contributed by atoms with E-state index in [0.717, 1.165) is 22.4 Å². The van der Waals surface area contributed by atoms with Crippen LogP contribution in [0.5, 0.6) is 0 Å². The van der Waals surface area contributed by atoms with Gasteiger partial charge in [0.15, 0.2) is 12.4 Å². The van der Waals surface area contributed by atoms with Crippen molar-refractivity contribution < 1.29 is 23.9 Å². The van der Waals surface area contributed by atoms with Gasteiger partial charge in [0.25, 0.3) is 0 Å². The Bertz CT molecular complexity index is 1090. The molecule has 3 fully saturated rings. The predicted molar refractivity (Wildman–Crippen MR) is 128 cm³/mol. The van der Waals surface area contributed by atoms with Crippen molar-refractivity contribution in [1.82, 2.24) is 4.90 Å². The molecule has 2 saturated carbocycles. The smallest absolute Gasteiger partial charge is 0.326 e. The molecule has 6 atom stereocenters. The third-order valence-corrected chi connectivity index (χ3v) is 10.3. The minimum Gasteiger partial charge on any atom is -0.456 e. The van der Waals surface area contributed by atoms with Crippen LogP contribution in [0, 0.1) is 23.7 Å². The second kappa shape index (κ2) is 8.80. The van der Waals surface area contributed by atoms with Crippen molar-refractivity contribution in [2.75, 3.05) is 13.2 Å². The van der Waals surface area contributed by atoms with Crippen molar-refractivity contribution in [2.24, 2.45) is 23.7 Å². The minimum absolute atomic E-state index is 0.0854. The molecule has 33 heavy (non-hydrogen) atoms. The predicted octanol–water partition coefficient (Wildman–Crippen LogP) is 3.86. The number of amides is 2. The van der Waals surface area contributed by atoms with E-state index in [0.29, 0.717) is 5.56 Å². The van der Waals surface area contributed by atoms with Crippen molar-refractivity contribution in [1.29, 1.82) is 0 Å². The standard InChI is InChI=1S/C25H21Br2NO5/c26-22-16-10-17(23(22)27)21-20(16)24(31)28(25(21)32)11-19(30)33-12-18(29)15-8-6-14(7-9-15)13-4-2-1-3-5-13/h1-9,16-17,20-23H,10-12H2/t16-,17-,20-,21+,22-,23+/m0/s1. The topological polar surface area (TPSA) is 80.8 Å². The number of halogens is 2. The molecule has 6 nitrogen and oxygen atoms in total. The van der Waals surface area contributed by atoms with E-state index in [1.54, 1.807) is 12.1 Å². The Balaban J connectivity index is 1.17. The zero-order valence-corrected chi connectivity index (χ0v) is 20.7. The summed E-state index contributed by atoms with van der Waals surface area (Å²) in [5, 5.41) is 0. The summed E-state index contributed by atoms with van der Waals surface area (Å²) >= 11 is 7.28. The van der Waals surface area contributed by atoms with E-state index in [4.69, 9.17) is 4.74 Å². The molecular weight excluding hydrogens is 554 g/mol. The number of carbonyl (C=O) groups excluding carboxylic acids is 4. The van der Waals surface area contributed by atoms with Gasteiger partial charge in [0, 0.05) is 15.2 Å². The summed E-state index contributed by atoms with van der Waals surface area (Å²) in [5.41, 5.74) is 2.44. The van der Waals surface area contributed by atoms with Gasteiger partial charge in [-0.3, -0.25) is 24.1 Å². The summed E-state index contributed by atoms with van der Waals surface area (Å²) in [5.74, 6) is -2.30. The number of rotatable bonds is 6. The summed E-state index contributed by atoms with van der Waals surface area (Å²) < 4.78 is 5.11. The highest BCUT2D eigenvalue weighted by Gasteiger charge is 2.66. The van der Waals surface area contributed by atoms with Gasteiger partial charge < -0.3 is 4.74 Å². The lowest BCUT2D eigenvalue weighted by Gasteiger charge is -2.28. The lowest BCUT2D eigenvalue weighted by Crippen LogP contribution is -2.38. The van der Waals surface area contributed by atoms with Crippen LogP contribution >= 0.6 is 31.9 Å². The maximum absolute atomic E-state index is 12.9. The number of hydrogen-bond donors (Lipinski definition) is 0. The van der Waals surface area contributed by atoms with Gasteiger partial charge in [-0.15, -0.1) is 0 Å². The first-order valence-electron chi connectivity index (χ1n) is 10.8. The van der Waals surface area contributed by atoms with Crippen LogP contribution in [0.15, 0.2) is 54.6 Å². The molecule has 2 amide bonds. The number of benzene rings is 2. The number of fused-ring (bicyclic) bond motifs is 5. The third kappa shape index (κ3) is 3.87. The molecule has 1 saturated heterocycles. The van der Waals surface area contributed by atoms with E-state index >= 15 is 0 Å². The third-order valence-electron chi connectivity index (χ3n) is 7.04. The van der Waals surface area contributed by atoms with Gasteiger partial charge in [-0.25, -0.2) is 0 Å². The summed E-state index contributed by atoms with van der Waals surface area (Å²) in [4.78, 5) is 51.9. The molecule has 1 aliphatic heterocycles. The number of Topliss-reactive ketones (excluding diaryl/α,β-unsaturated/α-hetero) is 1. The van der Waals surface area contributed by atoms with Crippen LogP contribution < -0.4 is 0 Å². The molecule has 170 valence electrons. The molecule has 2 aromatic rings. The Morgan fingerprint density at radius 2 is 1.39 bits per heavy atom. The Hall–Kier alpha value is -2.32. The number of ketones is 1. The largest absolute Gasteiger partial charge is 0.456 e. The van der Waals surface area contributed by atoms with Gasteiger partial charge >= 0.3 is 5.97 Å². The molecule has 3 aliphatic rings. The average molecular weight is 575 g/mol. The van der Waals surface area contributed by atoms with Gasteiger partial charge in [-0.05, 0) is 29.4 Å². The fourth-order valence-corrected chi connectivity index (χ4v) is 7.32. The van der Waals surface area contributed by atoms with Crippen LogP contribution in [0.25, 0.3) is 11.1 Å². The number of imide groups is 1. The van der Waals surface area contributed by atoms with Crippen molar-refractivity contribution in [2.45, 2.75) is 16.1 Å². The fourth-order valence-electron chi connectivity index (χ4n) is 5.45. The molecule has 5 rings (SSSR count). The van der Waals surface area contributed by atoms with Gasteiger partial charge in [-0.2, -0.15) is 0 Å². The molecule has 0 aromatic heterocycles. The summed E-state index contributed by atoms with van der Waals surface area (Å²) in [6.07, 6.45) is 0.828. The molecule has 2 bridgehead atoms. The van der Waals surface area contributed by atoms with Gasteiger partial charge in [0.2, 0.25) is 11.8 Å². The quantitative estimate of drug-likeness (QED) is 0.226. The number of esters is 1. The van der Waals surface area contributed by atoms with Crippen LogP contribution in [0.1, 0.15) is 16.8 Å². The first kappa shape index (κ1) is 22.5. The number of ether oxygens (including phenoxy) is 1. The number of hydrogen-bond acceptors (Lipinski definition) is 5. The molecule has 2 aromatic carbocycles. The van der Waals surface area contributed by atoms with Crippen molar-refractivity contribution in [3.05, 3.63) is 60.2 Å². The lowest BCUT2D eigenvalue weighted by atomic mass is 9.81. The summed E-state index contributed by atoms with van der Waals surface area (Å²) in [6, 6.07) is 16.8. The lowest BCUT2D eigenvalue weighted by molar-refractivity contribution is -0.152. The van der Waals surface area contributed by atoms with Crippen LogP contribution in [0.3, 0.4) is 0 Å². The van der Waals surface area contributed by atoms with E-state index in [-0.39, 0.29) is 50.9 Å². The number of nitrogens with zero attached hydrogens (tertiary/aromatic N) is 1. The van der Waals surface area contributed by atoms with E-state index in [1.807, 2.05) is 42.5 Å². The molecule has 0 radical (unpaired) electrons. The summed E-state index contributed by atoms with van der Waals surface area (Å²) in [7, 11) is 0. The average Bonchev–Trinajstić information content (AvgIpc) is 3.44. The SMILES string of the molecule is O=C(CN1C(=O)[C@@H]2[C@@H]3C[C@H]([C@H](Br)[C@@H]3Br)[C@@H]2C1=O)OCC(=O)c1ccc(-c2ccccc2)cc1.